The predicted molar refractivity (Wildman–Crippen MR) is 91.1 cm³/mol. The van der Waals surface area contributed by atoms with Crippen LogP contribution in [0.15, 0.2) is 58.0 Å². The van der Waals surface area contributed by atoms with Crippen LogP contribution < -0.4 is 4.74 Å². The first-order chi connectivity index (χ1) is 11.0. The molecule has 3 rings (SSSR count). The predicted octanol–water partition coefficient (Wildman–Crippen LogP) is 3.14. The van der Waals surface area contributed by atoms with Crippen molar-refractivity contribution in [2.75, 3.05) is 7.11 Å². The minimum Gasteiger partial charge on any atom is -0.497 e. The van der Waals surface area contributed by atoms with Crippen molar-refractivity contribution in [2.45, 2.75) is 11.5 Å². The van der Waals surface area contributed by atoms with E-state index in [0.717, 1.165) is 0 Å². The number of methoxy groups -OCH3 is 1. The van der Waals surface area contributed by atoms with Crippen LogP contribution in [0.2, 0.25) is 0 Å². The number of nitrogens with zero attached hydrogens (tertiary/aromatic N) is 1. The zero-order valence-corrected chi connectivity index (χ0v) is 14.6. The van der Waals surface area contributed by atoms with Crippen molar-refractivity contribution >= 4 is 36.9 Å². The maximum absolute atomic E-state index is 13.0. The van der Waals surface area contributed by atoms with Gasteiger partial charge in [0.25, 0.3) is 10.0 Å². The van der Waals surface area contributed by atoms with Gasteiger partial charge in [-0.15, -0.1) is 0 Å². The van der Waals surface area contributed by atoms with E-state index in [2.05, 4.69) is 15.9 Å². The summed E-state index contributed by atoms with van der Waals surface area (Å²) in [5.41, 5.74) is 1.09. The van der Waals surface area contributed by atoms with Gasteiger partial charge in [0.1, 0.15) is 10.6 Å². The number of ether oxygens (including phenoxy) is 1. The number of hydrogen-bond donors (Lipinski definition) is 1. The Labute approximate surface area is 142 Å². The Kier molecular flexibility index (Phi) is 4.18. The summed E-state index contributed by atoms with van der Waals surface area (Å²) in [5, 5.41) is 10.2. The van der Waals surface area contributed by atoms with Crippen LogP contribution in [0.3, 0.4) is 0 Å². The lowest BCUT2D eigenvalue weighted by molar-refractivity contribution is 0.283. The molecule has 0 unspecified atom stereocenters. The summed E-state index contributed by atoms with van der Waals surface area (Å²) in [6, 6.07) is 11.8. The maximum atomic E-state index is 13.0. The Balaban J connectivity index is 2.25. The molecule has 0 aliphatic carbocycles. The fourth-order valence-electron chi connectivity index (χ4n) is 2.47. The molecule has 0 spiro atoms. The second-order valence-corrected chi connectivity index (χ2v) is 7.56. The van der Waals surface area contributed by atoms with Crippen LogP contribution in [0.25, 0.3) is 10.9 Å². The van der Waals surface area contributed by atoms with Gasteiger partial charge in [0, 0.05) is 21.6 Å². The third kappa shape index (κ3) is 2.65. The molecule has 120 valence electrons. The number of rotatable bonds is 4. The number of benzene rings is 2. The van der Waals surface area contributed by atoms with Gasteiger partial charge in [0.15, 0.2) is 0 Å². The normalized spacial score (nSPS) is 11.8. The fraction of sp³-hybridized carbons (Fsp3) is 0.125. The Hall–Kier alpha value is -1.83. The maximum Gasteiger partial charge on any atom is 0.269 e. The van der Waals surface area contributed by atoms with E-state index >= 15 is 0 Å². The number of fused-ring (bicyclic) bond motifs is 1. The monoisotopic (exact) mass is 395 g/mol. The largest absolute Gasteiger partial charge is 0.497 e. The third-order valence-electron chi connectivity index (χ3n) is 3.61. The highest BCUT2D eigenvalue weighted by molar-refractivity contribution is 9.10. The quantitative estimate of drug-likeness (QED) is 0.736. The van der Waals surface area contributed by atoms with Gasteiger partial charge in [-0.05, 0) is 40.2 Å². The smallest absolute Gasteiger partial charge is 0.269 e. The Bertz CT molecular complexity index is 979. The molecule has 0 amide bonds. The van der Waals surface area contributed by atoms with Crippen LogP contribution in [0.5, 0.6) is 5.75 Å². The first-order valence-electron chi connectivity index (χ1n) is 6.78. The average Bonchev–Trinajstić information content (AvgIpc) is 2.94. The molecule has 1 aromatic heterocycles. The first-order valence-corrected chi connectivity index (χ1v) is 9.01. The Morgan fingerprint density at radius 2 is 1.96 bits per heavy atom. The lowest BCUT2D eigenvalue weighted by Crippen LogP contribution is -2.12. The molecule has 0 fully saturated rings. The van der Waals surface area contributed by atoms with Crippen molar-refractivity contribution in [1.82, 2.24) is 3.97 Å². The van der Waals surface area contributed by atoms with Gasteiger partial charge in [-0.25, -0.2) is 12.4 Å². The van der Waals surface area contributed by atoms with Gasteiger partial charge >= 0.3 is 0 Å². The minimum absolute atomic E-state index is 0.128. The third-order valence-corrected chi connectivity index (χ3v) is 6.26. The van der Waals surface area contributed by atoms with Crippen LogP contribution >= 0.6 is 15.9 Å². The minimum atomic E-state index is -3.81. The van der Waals surface area contributed by atoms with Gasteiger partial charge in [-0.2, -0.15) is 0 Å². The van der Waals surface area contributed by atoms with Crippen LogP contribution in [-0.2, 0) is 16.6 Å². The van der Waals surface area contributed by atoms with Crippen molar-refractivity contribution in [3.63, 3.8) is 0 Å². The number of aliphatic hydroxyl groups is 1. The first kappa shape index (κ1) is 16.0. The van der Waals surface area contributed by atoms with Gasteiger partial charge in [0.05, 0.1) is 19.2 Å². The molecule has 0 aliphatic rings. The lowest BCUT2D eigenvalue weighted by Gasteiger charge is -2.10. The van der Waals surface area contributed by atoms with Gasteiger partial charge in [-0.1, -0.05) is 18.2 Å². The number of aromatic nitrogens is 1. The van der Waals surface area contributed by atoms with Crippen molar-refractivity contribution in [3.8, 4) is 5.75 Å². The zero-order chi connectivity index (χ0) is 16.6. The van der Waals surface area contributed by atoms with Crippen LogP contribution in [0, 0.1) is 0 Å². The molecule has 0 bridgehead atoms. The standard InChI is InChI=1S/C16H14BrNO4S/c1-22-12-6-7-16(14(17)8-12)23(20,21)18-9-11(10-19)13-4-2-3-5-15(13)18/h2-9,19H,10H2,1H3. The van der Waals surface area contributed by atoms with Crippen LogP contribution in [0.4, 0.5) is 0 Å². The molecule has 0 saturated carbocycles. The summed E-state index contributed by atoms with van der Waals surface area (Å²) >= 11 is 3.29. The van der Waals surface area contributed by atoms with Crippen LogP contribution in [0.1, 0.15) is 5.56 Å². The molecule has 2 aromatic carbocycles. The molecule has 3 aromatic rings. The summed E-state index contributed by atoms with van der Waals surface area (Å²) < 4.78 is 32.7. The second kappa shape index (κ2) is 5.99. The van der Waals surface area contributed by atoms with Gasteiger partial charge in [0.2, 0.25) is 0 Å². The summed E-state index contributed by atoms with van der Waals surface area (Å²) in [4.78, 5) is 0.128. The molecule has 0 aliphatic heterocycles. The molecule has 1 heterocycles. The number of halogens is 1. The number of hydrogen-bond acceptors (Lipinski definition) is 4. The van der Waals surface area contributed by atoms with Crippen molar-refractivity contribution in [2.24, 2.45) is 0 Å². The van der Waals surface area contributed by atoms with E-state index in [0.29, 0.717) is 26.7 Å². The highest BCUT2D eigenvalue weighted by Gasteiger charge is 2.23. The number of aliphatic hydroxyl groups excluding tert-OH is 1. The lowest BCUT2D eigenvalue weighted by atomic mass is 10.2. The van der Waals surface area contributed by atoms with E-state index in [-0.39, 0.29) is 11.5 Å². The van der Waals surface area contributed by atoms with Crippen molar-refractivity contribution in [1.29, 1.82) is 0 Å². The zero-order valence-electron chi connectivity index (χ0n) is 12.2. The van der Waals surface area contributed by atoms with Gasteiger partial charge < -0.3 is 9.84 Å². The molecular weight excluding hydrogens is 382 g/mol. The van der Waals surface area contributed by atoms with E-state index in [4.69, 9.17) is 4.74 Å². The average molecular weight is 396 g/mol. The summed E-state index contributed by atoms with van der Waals surface area (Å²) in [7, 11) is -2.29. The second-order valence-electron chi connectivity index (χ2n) is 4.93. The molecule has 7 heteroatoms. The van der Waals surface area contributed by atoms with Gasteiger partial charge in [-0.3, -0.25) is 0 Å². The topological polar surface area (TPSA) is 68.5 Å². The molecule has 0 saturated heterocycles. The highest BCUT2D eigenvalue weighted by atomic mass is 79.9. The summed E-state index contributed by atoms with van der Waals surface area (Å²) in [5.74, 6) is 0.559. The van der Waals surface area contributed by atoms with E-state index < -0.39 is 10.0 Å². The summed E-state index contributed by atoms with van der Waals surface area (Å²) in [6.45, 7) is -0.229. The molecule has 1 N–H and O–H groups in total. The molecular formula is C16H14BrNO4S. The Morgan fingerprint density at radius 3 is 2.61 bits per heavy atom. The molecule has 5 nitrogen and oxygen atoms in total. The molecule has 23 heavy (non-hydrogen) atoms. The van der Waals surface area contributed by atoms with Crippen LogP contribution in [-0.4, -0.2) is 24.6 Å². The molecule has 0 atom stereocenters. The van der Waals surface area contributed by atoms with E-state index in [1.165, 1.54) is 23.3 Å². The fourth-order valence-corrected chi connectivity index (χ4v) is 4.88. The molecule has 0 radical (unpaired) electrons. The van der Waals surface area contributed by atoms with E-state index in [9.17, 15) is 13.5 Å². The highest BCUT2D eigenvalue weighted by Crippen LogP contribution is 2.31. The van der Waals surface area contributed by atoms with E-state index in [1.807, 2.05) is 6.07 Å². The van der Waals surface area contributed by atoms with E-state index in [1.54, 1.807) is 30.3 Å². The SMILES string of the molecule is COc1ccc(S(=O)(=O)n2cc(CO)c3ccccc32)c(Br)c1. The summed E-state index contributed by atoms with van der Waals surface area (Å²) in [6.07, 6.45) is 1.46. The van der Waals surface area contributed by atoms with Crippen molar-refractivity contribution < 1.29 is 18.3 Å². The van der Waals surface area contributed by atoms with Crippen molar-refractivity contribution in [3.05, 3.63) is 58.7 Å². The Morgan fingerprint density at radius 1 is 1.22 bits per heavy atom. The number of para-hydroxylation sites is 1.